The molecule has 3 aromatic carbocycles. The number of allylic oxidation sites excluding steroid dienone is 2. The minimum Gasteiger partial charge on any atom is -0.511 e. The van der Waals surface area contributed by atoms with Crippen LogP contribution in [0, 0.1) is 36.6 Å². The molecule has 4 aromatic rings. The summed E-state index contributed by atoms with van der Waals surface area (Å²) in [6.45, 7) is 17.9. The van der Waals surface area contributed by atoms with Gasteiger partial charge in [0.25, 0.3) is 0 Å². The molecule has 0 bridgehead atoms. The Labute approximate surface area is 258 Å². The fourth-order valence-corrected chi connectivity index (χ4v) is 4.80. The Morgan fingerprint density at radius 1 is 0.878 bits per heavy atom. The third-order valence-corrected chi connectivity index (χ3v) is 8.09. The molecular formula is C36H43FIrNO2-. The quantitative estimate of drug-likeness (QED) is 0.0891. The van der Waals surface area contributed by atoms with E-state index < -0.39 is 0 Å². The number of ketones is 1. The zero-order valence-electron chi connectivity index (χ0n) is 25.8. The topological polar surface area (TPSA) is 50.2 Å². The molecule has 0 unspecified atom stereocenters. The van der Waals surface area contributed by atoms with Crippen LogP contribution < -0.4 is 0 Å². The van der Waals surface area contributed by atoms with Gasteiger partial charge in [0.2, 0.25) is 0 Å². The van der Waals surface area contributed by atoms with Crippen molar-refractivity contribution in [3.63, 3.8) is 0 Å². The molecule has 0 aliphatic rings. The second-order valence-corrected chi connectivity index (χ2v) is 11.9. The number of nitrogens with zero attached hydrogens (tertiary/aromatic N) is 1. The minimum atomic E-state index is -0.386. The molecule has 221 valence electrons. The largest absolute Gasteiger partial charge is 0.511 e. The van der Waals surface area contributed by atoms with Gasteiger partial charge in [-0.25, -0.2) is 4.39 Å². The summed E-state index contributed by atoms with van der Waals surface area (Å²) in [5, 5.41) is 13.9. The second kappa shape index (κ2) is 13.9. The molecule has 0 amide bonds. The average Bonchev–Trinajstić information content (AvgIpc) is 2.92. The van der Waals surface area contributed by atoms with E-state index in [1.165, 1.54) is 11.6 Å². The molecule has 1 radical (unpaired) electrons. The van der Waals surface area contributed by atoms with E-state index in [2.05, 4.69) is 30.1 Å². The van der Waals surface area contributed by atoms with Gasteiger partial charge in [-0.1, -0.05) is 86.6 Å². The Kier molecular flexibility index (Phi) is 11.6. The first-order valence-electron chi connectivity index (χ1n) is 14.2. The van der Waals surface area contributed by atoms with Crippen molar-refractivity contribution in [2.75, 3.05) is 0 Å². The van der Waals surface area contributed by atoms with Crippen LogP contribution >= 0.6 is 0 Å². The van der Waals surface area contributed by atoms with Crippen LogP contribution in [0.5, 0.6) is 0 Å². The molecule has 0 fully saturated rings. The van der Waals surface area contributed by atoms with Crippen molar-refractivity contribution in [1.29, 1.82) is 0 Å². The summed E-state index contributed by atoms with van der Waals surface area (Å²) in [4.78, 5) is 17.0. The summed E-state index contributed by atoms with van der Waals surface area (Å²) >= 11 is 0. The Morgan fingerprint density at radius 2 is 1.49 bits per heavy atom. The number of benzene rings is 3. The summed E-state index contributed by atoms with van der Waals surface area (Å²) in [6.07, 6.45) is 3.99. The molecule has 0 aliphatic heterocycles. The van der Waals surface area contributed by atoms with Crippen LogP contribution in [0.2, 0.25) is 0 Å². The maximum atomic E-state index is 14.0. The van der Waals surface area contributed by atoms with Crippen LogP contribution in [0.25, 0.3) is 32.8 Å². The van der Waals surface area contributed by atoms with Crippen molar-refractivity contribution in [3.8, 4) is 11.3 Å². The molecule has 4 rings (SSSR count). The molecule has 0 aliphatic carbocycles. The number of fused-ring (bicyclic) bond motifs is 3. The predicted molar refractivity (Wildman–Crippen MR) is 166 cm³/mol. The SMILES string of the molecule is CC/C(C(=O)C(C)(C)CC)=C(/O)C(C)(C)CC.Cc1[c-]c(-c2nccc3c2ccc2c(F)cccc23)cc(C)c1.[Ir]. The molecule has 0 saturated carbocycles. The van der Waals surface area contributed by atoms with Gasteiger partial charge in [-0.15, -0.1) is 34.9 Å². The number of pyridine rings is 1. The fourth-order valence-electron chi connectivity index (χ4n) is 4.80. The molecule has 41 heavy (non-hydrogen) atoms. The summed E-state index contributed by atoms with van der Waals surface area (Å²) in [5.41, 5.74) is 4.04. The van der Waals surface area contributed by atoms with Crippen LogP contribution in [0.1, 0.15) is 78.9 Å². The number of hydrogen-bond donors (Lipinski definition) is 1. The van der Waals surface area contributed by atoms with Crippen LogP contribution in [0.15, 0.2) is 66.1 Å². The molecule has 3 nitrogen and oxygen atoms in total. The standard InChI is InChI=1S/C21H15FN.C15H28O2.Ir/c1-13-10-14(2)12-15(11-13)21-19-7-6-18-16(4-3-5-20(18)22)17(19)8-9-23-21;1-8-11(12(16)14(4,5)9-2)13(17)15(6,7)10-3;/h3-11H,1-2H3;16H,8-10H2,1-7H3;/q-1;;/b;12-11-;. The Hall–Kier alpha value is -2.88. The maximum Gasteiger partial charge on any atom is 0.167 e. The first-order valence-corrected chi connectivity index (χ1v) is 14.2. The number of carbonyl (C=O) groups is 1. The Morgan fingerprint density at radius 3 is 2.07 bits per heavy atom. The van der Waals surface area contributed by atoms with Gasteiger partial charge >= 0.3 is 0 Å². The van der Waals surface area contributed by atoms with Gasteiger partial charge in [-0.2, -0.15) is 0 Å². The van der Waals surface area contributed by atoms with E-state index >= 15 is 0 Å². The number of carbonyl (C=O) groups excluding carboxylic acids is 1. The van der Waals surface area contributed by atoms with Crippen molar-refractivity contribution < 1.29 is 34.4 Å². The van der Waals surface area contributed by atoms with E-state index in [0.29, 0.717) is 17.4 Å². The van der Waals surface area contributed by atoms with Gasteiger partial charge < -0.3 is 10.1 Å². The van der Waals surface area contributed by atoms with Crippen molar-refractivity contribution >= 4 is 27.3 Å². The average molecular weight is 733 g/mol. The molecule has 0 spiro atoms. The van der Waals surface area contributed by atoms with E-state index in [1.54, 1.807) is 12.3 Å². The van der Waals surface area contributed by atoms with Crippen LogP contribution in [0.4, 0.5) is 4.39 Å². The van der Waals surface area contributed by atoms with E-state index in [4.69, 9.17) is 0 Å². The number of Topliss-reactive ketones (excluding diaryl/α,β-unsaturated/α-hetero) is 1. The molecule has 5 heteroatoms. The predicted octanol–water partition coefficient (Wildman–Crippen LogP) is 10.3. The summed E-state index contributed by atoms with van der Waals surface area (Å²) < 4.78 is 14.0. The maximum absolute atomic E-state index is 14.0. The summed E-state index contributed by atoms with van der Waals surface area (Å²) in [7, 11) is 0. The van der Waals surface area contributed by atoms with Gasteiger partial charge in [-0.3, -0.25) is 4.79 Å². The first-order chi connectivity index (χ1) is 18.8. The first kappa shape index (κ1) is 34.3. The zero-order chi connectivity index (χ0) is 29.8. The molecule has 1 aromatic heterocycles. The molecular weight excluding hydrogens is 690 g/mol. The van der Waals surface area contributed by atoms with E-state index in [-0.39, 0.29) is 48.3 Å². The van der Waals surface area contributed by atoms with E-state index in [0.717, 1.165) is 45.8 Å². The normalized spacial score (nSPS) is 12.3. The minimum absolute atomic E-state index is 0. The third kappa shape index (κ3) is 7.50. The monoisotopic (exact) mass is 733 g/mol. The fraction of sp³-hybridized carbons (Fsp3) is 0.389. The number of halogens is 1. The molecule has 1 N–H and O–H groups in total. The van der Waals surface area contributed by atoms with Crippen molar-refractivity contribution in [2.24, 2.45) is 10.8 Å². The van der Waals surface area contributed by atoms with Crippen molar-refractivity contribution in [2.45, 2.75) is 81.6 Å². The zero-order valence-corrected chi connectivity index (χ0v) is 28.2. The van der Waals surface area contributed by atoms with Gasteiger partial charge in [-0.05, 0) is 53.2 Å². The number of aromatic nitrogens is 1. The molecule has 0 atom stereocenters. The Bertz CT molecular complexity index is 1550. The molecule has 0 saturated heterocycles. The summed E-state index contributed by atoms with van der Waals surface area (Å²) in [5.74, 6) is 0.163. The van der Waals surface area contributed by atoms with Crippen molar-refractivity contribution in [3.05, 3.63) is 89.1 Å². The Balaban J connectivity index is 0.000000296. The third-order valence-electron chi connectivity index (χ3n) is 8.09. The number of aliphatic hydroxyl groups is 1. The van der Waals surface area contributed by atoms with Crippen LogP contribution in [-0.4, -0.2) is 15.9 Å². The van der Waals surface area contributed by atoms with Crippen LogP contribution in [-0.2, 0) is 24.9 Å². The van der Waals surface area contributed by atoms with E-state index in [9.17, 15) is 14.3 Å². The van der Waals surface area contributed by atoms with Crippen molar-refractivity contribution in [1.82, 2.24) is 4.98 Å². The van der Waals surface area contributed by atoms with Gasteiger partial charge in [0.15, 0.2) is 5.78 Å². The second-order valence-electron chi connectivity index (χ2n) is 11.9. The van der Waals surface area contributed by atoms with E-state index in [1.807, 2.05) is 79.7 Å². The number of aliphatic hydroxyl groups excluding tert-OH is 1. The number of aryl methyl sites for hydroxylation is 2. The van der Waals surface area contributed by atoms with Crippen LogP contribution in [0.3, 0.4) is 0 Å². The number of rotatable bonds is 7. The molecule has 1 heterocycles. The van der Waals surface area contributed by atoms with Gasteiger partial charge in [0.05, 0.1) is 0 Å². The van der Waals surface area contributed by atoms with Gasteiger partial charge in [0, 0.05) is 48.1 Å². The number of hydrogen-bond acceptors (Lipinski definition) is 3. The van der Waals surface area contributed by atoms with Gasteiger partial charge in [0.1, 0.15) is 11.6 Å². The smallest absolute Gasteiger partial charge is 0.167 e. The summed E-state index contributed by atoms with van der Waals surface area (Å²) in [6, 6.07) is 18.5.